The summed E-state index contributed by atoms with van der Waals surface area (Å²) in [6.07, 6.45) is 3.64. The van der Waals surface area contributed by atoms with Crippen LogP contribution in [0.5, 0.6) is 0 Å². The lowest BCUT2D eigenvalue weighted by atomic mass is 10.3. The molecule has 1 unspecified atom stereocenters. The first kappa shape index (κ1) is 12.1. The summed E-state index contributed by atoms with van der Waals surface area (Å²) in [4.78, 5) is 8.50. The molecular formula is C11H19N3O. The van der Waals surface area contributed by atoms with Gasteiger partial charge in [0.05, 0.1) is 0 Å². The predicted octanol–water partition coefficient (Wildman–Crippen LogP) is 1.68. The summed E-state index contributed by atoms with van der Waals surface area (Å²) in [5.74, 6) is 0.728. The summed E-state index contributed by atoms with van der Waals surface area (Å²) in [7, 11) is 1.66. The Morgan fingerprint density at radius 2 is 1.87 bits per heavy atom. The van der Waals surface area contributed by atoms with Gasteiger partial charge >= 0.3 is 0 Å². The van der Waals surface area contributed by atoms with Crippen molar-refractivity contribution in [1.29, 1.82) is 0 Å². The molecule has 0 radical (unpaired) electrons. The predicted molar refractivity (Wildman–Crippen MR) is 59.4 cm³/mol. The average Bonchev–Trinajstić information content (AvgIpc) is 2.26. The number of rotatable bonds is 5. The minimum atomic E-state index is -0.0443. The highest BCUT2D eigenvalue weighted by Gasteiger charge is 2.06. The summed E-state index contributed by atoms with van der Waals surface area (Å²) in [5, 5.41) is 3.31. The van der Waals surface area contributed by atoms with Gasteiger partial charge in [-0.1, -0.05) is 13.8 Å². The highest BCUT2D eigenvalue weighted by molar-refractivity contribution is 5.05. The Kier molecular flexibility index (Phi) is 4.65. The molecule has 4 heteroatoms. The molecule has 0 bridgehead atoms. The first-order valence-electron chi connectivity index (χ1n) is 5.20. The molecule has 0 aliphatic heterocycles. The molecule has 0 aliphatic carbocycles. The Bertz CT molecular complexity index is 284. The lowest BCUT2D eigenvalue weighted by Crippen LogP contribution is -2.22. The molecule has 1 N–H and O–H groups in total. The van der Waals surface area contributed by atoms with E-state index in [1.165, 1.54) is 0 Å². The minimum Gasteiger partial charge on any atom is -0.374 e. The van der Waals surface area contributed by atoms with Crippen molar-refractivity contribution in [2.75, 3.05) is 7.11 Å². The van der Waals surface area contributed by atoms with Gasteiger partial charge in [0.1, 0.15) is 6.10 Å². The number of nitrogens with zero attached hydrogens (tertiary/aromatic N) is 2. The normalized spacial score (nSPS) is 13.1. The summed E-state index contributed by atoms with van der Waals surface area (Å²) in [6, 6.07) is 0.475. The van der Waals surface area contributed by atoms with Gasteiger partial charge in [0.25, 0.3) is 0 Å². The molecule has 15 heavy (non-hydrogen) atoms. The van der Waals surface area contributed by atoms with Gasteiger partial charge in [-0.05, 0) is 6.92 Å². The second-order valence-corrected chi connectivity index (χ2v) is 3.86. The summed E-state index contributed by atoms with van der Waals surface area (Å²) < 4.78 is 5.13. The van der Waals surface area contributed by atoms with E-state index in [4.69, 9.17) is 4.74 Å². The van der Waals surface area contributed by atoms with Crippen LogP contribution in [-0.2, 0) is 11.3 Å². The zero-order valence-electron chi connectivity index (χ0n) is 9.82. The lowest BCUT2D eigenvalue weighted by Gasteiger charge is -2.10. The fourth-order valence-corrected chi connectivity index (χ4v) is 1.09. The van der Waals surface area contributed by atoms with Crippen LogP contribution < -0.4 is 5.32 Å². The first-order chi connectivity index (χ1) is 7.13. The van der Waals surface area contributed by atoms with E-state index in [-0.39, 0.29) is 6.10 Å². The Morgan fingerprint density at radius 3 is 2.33 bits per heavy atom. The molecule has 1 aromatic rings. The van der Waals surface area contributed by atoms with E-state index in [9.17, 15) is 0 Å². The van der Waals surface area contributed by atoms with Crippen LogP contribution in [0.2, 0.25) is 0 Å². The van der Waals surface area contributed by atoms with E-state index in [1.54, 1.807) is 7.11 Å². The first-order valence-corrected chi connectivity index (χ1v) is 5.20. The van der Waals surface area contributed by atoms with Crippen LogP contribution in [0.1, 0.15) is 38.3 Å². The van der Waals surface area contributed by atoms with Crippen LogP contribution in [0.25, 0.3) is 0 Å². The van der Waals surface area contributed by atoms with E-state index < -0.39 is 0 Å². The highest BCUT2D eigenvalue weighted by atomic mass is 16.5. The van der Waals surface area contributed by atoms with E-state index >= 15 is 0 Å². The zero-order valence-corrected chi connectivity index (χ0v) is 9.82. The third kappa shape index (κ3) is 3.93. The van der Waals surface area contributed by atoms with Gasteiger partial charge in [-0.25, -0.2) is 9.97 Å². The van der Waals surface area contributed by atoms with Gasteiger partial charge in [0, 0.05) is 37.7 Å². The molecule has 84 valence electrons. The number of aromatic nitrogens is 2. The Morgan fingerprint density at radius 1 is 1.27 bits per heavy atom. The fraction of sp³-hybridized carbons (Fsp3) is 0.636. The molecule has 1 rings (SSSR count). The van der Waals surface area contributed by atoms with Crippen molar-refractivity contribution < 1.29 is 4.74 Å². The van der Waals surface area contributed by atoms with Crippen LogP contribution in [-0.4, -0.2) is 23.1 Å². The van der Waals surface area contributed by atoms with E-state index in [0.717, 1.165) is 17.9 Å². The van der Waals surface area contributed by atoms with Crippen LogP contribution in [0.3, 0.4) is 0 Å². The van der Waals surface area contributed by atoms with Gasteiger partial charge in [0.2, 0.25) is 0 Å². The number of hydrogen-bond acceptors (Lipinski definition) is 4. The maximum atomic E-state index is 5.13. The largest absolute Gasteiger partial charge is 0.374 e. The molecule has 1 atom stereocenters. The Balaban J connectivity index is 2.56. The SMILES string of the molecule is COC(C)c1ncc(CNC(C)C)cn1. The fourth-order valence-electron chi connectivity index (χ4n) is 1.09. The number of ether oxygens (including phenoxy) is 1. The topological polar surface area (TPSA) is 47.0 Å². The number of hydrogen-bond donors (Lipinski definition) is 1. The van der Waals surface area contributed by atoms with Gasteiger partial charge in [-0.2, -0.15) is 0 Å². The molecule has 0 aromatic carbocycles. The molecule has 0 spiro atoms. The smallest absolute Gasteiger partial charge is 0.156 e. The Labute approximate surface area is 91.1 Å². The summed E-state index contributed by atoms with van der Waals surface area (Å²) >= 11 is 0. The molecule has 4 nitrogen and oxygen atoms in total. The lowest BCUT2D eigenvalue weighted by molar-refractivity contribution is 0.112. The van der Waals surface area contributed by atoms with Crippen molar-refractivity contribution in [3.05, 3.63) is 23.8 Å². The zero-order chi connectivity index (χ0) is 11.3. The molecule has 1 heterocycles. The van der Waals surface area contributed by atoms with E-state index in [1.807, 2.05) is 19.3 Å². The van der Waals surface area contributed by atoms with Crippen molar-refractivity contribution in [3.8, 4) is 0 Å². The third-order valence-corrected chi connectivity index (χ3v) is 2.16. The van der Waals surface area contributed by atoms with Crippen LogP contribution in [0, 0.1) is 0 Å². The summed E-state index contributed by atoms with van der Waals surface area (Å²) in [5.41, 5.74) is 1.09. The summed E-state index contributed by atoms with van der Waals surface area (Å²) in [6.45, 7) is 6.96. The van der Waals surface area contributed by atoms with Gasteiger partial charge < -0.3 is 10.1 Å². The maximum absolute atomic E-state index is 5.13. The minimum absolute atomic E-state index is 0.0443. The standard InChI is InChI=1S/C11H19N3O/c1-8(2)12-5-10-6-13-11(14-7-10)9(3)15-4/h6-9,12H,5H2,1-4H3. The molecule has 0 amide bonds. The van der Waals surface area contributed by atoms with Crippen molar-refractivity contribution >= 4 is 0 Å². The van der Waals surface area contributed by atoms with Crippen LogP contribution >= 0.6 is 0 Å². The van der Waals surface area contributed by atoms with Crippen LogP contribution in [0.15, 0.2) is 12.4 Å². The van der Waals surface area contributed by atoms with E-state index in [0.29, 0.717) is 6.04 Å². The molecule has 0 aliphatic rings. The average molecular weight is 209 g/mol. The third-order valence-electron chi connectivity index (χ3n) is 2.16. The monoisotopic (exact) mass is 209 g/mol. The maximum Gasteiger partial charge on any atom is 0.156 e. The second kappa shape index (κ2) is 5.78. The quantitative estimate of drug-likeness (QED) is 0.801. The molecule has 0 fully saturated rings. The van der Waals surface area contributed by atoms with Crippen molar-refractivity contribution in [3.63, 3.8) is 0 Å². The van der Waals surface area contributed by atoms with Gasteiger partial charge in [-0.3, -0.25) is 0 Å². The van der Waals surface area contributed by atoms with E-state index in [2.05, 4.69) is 29.1 Å². The molecule has 1 aromatic heterocycles. The van der Waals surface area contributed by atoms with Crippen LogP contribution in [0.4, 0.5) is 0 Å². The van der Waals surface area contributed by atoms with Crippen molar-refractivity contribution in [2.45, 2.75) is 39.5 Å². The molecule has 0 saturated carbocycles. The number of methoxy groups -OCH3 is 1. The number of nitrogens with one attached hydrogen (secondary N) is 1. The molecule has 0 saturated heterocycles. The second-order valence-electron chi connectivity index (χ2n) is 3.86. The molecular weight excluding hydrogens is 190 g/mol. The van der Waals surface area contributed by atoms with Gasteiger partial charge in [0.15, 0.2) is 5.82 Å². The van der Waals surface area contributed by atoms with Crippen molar-refractivity contribution in [2.24, 2.45) is 0 Å². The van der Waals surface area contributed by atoms with Gasteiger partial charge in [-0.15, -0.1) is 0 Å². The Hall–Kier alpha value is -1.00. The highest BCUT2D eigenvalue weighted by Crippen LogP contribution is 2.09. The van der Waals surface area contributed by atoms with Crippen molar-refractivity contribution in [1.82, 2.24) is 15.3 Å².